The minimum absolute atomic E-state index is 0.0809. The molecule has 6 heteroatoms. The number of morpholine rings is 1. The topological polar surface area (TPSA) is 50.8 Å². The second kappa shape index (κ2) is 9.16. The number of amides is 1. The van der Waals surface area contributed by atoms with Crippen molar-refractivity contribution in [1.29, 1.82) is 0 Å². The first-order valence-electron chi connectivity index (χ1n) is 8.67. The summed E-state index contributed by atoms with van der Waals surface area (Å²) in [4.78, 5) is 15.1. The maximum absolute atomic E-state index is 12.8. The Balaban J connectivity index is 1.76. The zero-order valence-electron chi connectivity index (χ0n) is 14.8. The fraction of sp³-hybridized carbons (Fsp3) is 0.350. The summed E-state index contributed by atoms with van der Waals surface area (Å²) in [7, 11) is 1.60. The predicted octanol–water partition coefficient (Wildman–Crippen LogP) is 3.26. The molecule has 138 valence electrons. The molecular formula is C20H23BrN2O3. The van der Waals surface area contributed by atoms with Gasteiger partial charge in [0.1, 0.15) is 5.75 Å². The molecule has 0 bridgehead atoms. The molecule has 1 amide bonds. The van der Waals surface area contributed by atoms with Gasteiger partial charge >= 0.3 is 0 Å². The number of ether oxygens (including phenoxy) is 2. The Morgan fingerprint density at radius 3 is 2.62 bits per heavy atom. The highest BCUT2D eigenvalue weighted by atomic mass is 79.9. The van der Waals surface area contributed by atoms with Gasteiger partial charge in [0.2, 0.25) is 0 Å². The lowest BCUT2D eigenvalue weighted by Crippen LogP contribution is -2.43. The van der Waals surface area contributed by atoms with Crippen molar-refractivity contribution in [2.24, 2.45) is 0 Å². The van der Waals surface area contributed by atoms with Gasteiger partial charge in [-0.05, 0) is 39.7 Å². The fourth-order valence-electron chi connectivity index (χ4n) is 3.01. The van der Waals surface area contributed by atoms with Crippen molar-refractivity contribution < 1.29 is 14.3 Å². The standard InChI is InChI=1S/C20H23BrN2O3/c1-25-19-8-7-16(13-17(19)21)20(24)22-18(15-5-3-2-4-6-15)14-23-9-11-26-12-10-23/h2-8,13,18H,9-12,14H2,1H3,(H,22,24)/t18-/m0/s1. The van der Waals surface area contributed by atoms with Crippen LogP contribution in [0.15, 0.2) is 53.0 Å². The maximum Gasteiger partial charge on any atom is 0.251 e. The molecule has 0 aromatic heterocycles. The summed E-state index contributed by atoms with van der Waals surface area (Å²) in [5.74, 6) is 0.602. The highest BCUT2D eigenvalue weighted by molar-refractivity contribution is 9.10. The van der Waals surface area contributed by atoms with Gasteiger partial charge in [-0.15, -0.1) is 0 Å². The predicted molar refractivity (Wildman–Crippen MR) is 105 cm³/mol. The van der Waals surface area contributed by atoms with Gasteiger partial charge < -0.3 is 14.8 Å². The van der Waals surface area contributed by atoms with E-state index >= 15 is 0 Å². The highest BCUT2D eigenvalue weighted by Crippen LogP contribution is 2.26. The first-order chi connectivity index (χ1) is 12.7. The molecule has 2 aromatic rings. The molecule has 1 heterocycles. The summed E-state index contributed by atoms with van der Waals surface area (Å²) in [6, 6.07) is 15.3. The van der Waals surface area contributed by atoms with Gasteiger partial charge in [0, 0.05) is 25.2 Å². The average Bonchev–Trinajstić information content (AvgIpc) is 2.69. The van der Waals surface area contributed by atoms with Gasteiger partial charge in [-0.25, -0.2) is 0 Å². The van der Waals surface area contributed by atoms with Gasteiger partial charge in [-0.3, -0.25) is 9.69 Å². The number of hydrogen-bond acceptors (Lipinski definition) is 4. The molecule has 0 radical (unpaired) electrons. The van der Waals surface area contributed by atoms with Crippen LogP contribution in [0.1, 0.15) is 22.0 Å². The third-order valence-electron chi connectivity index (χ3n) is 4.47. The number of halogens is 1. The van der Waals surface area contributed by atoms with E-state index in [2.05, 4.69) is 38.3 Å². The minimum Gasteiger partial charge on any atom is -0.496 e. The molecule has 5 nitrogen and oxygen atoms in total. The van der Waals surface area contributed by atoms with Crippen LogP contribution in [0.3, 0.4) is 0 Å². The highest BCUT2D eigenvalue weighted by Gasteiger charge is 2.21. The lowest BCUT2D eigenvalue weighted by atomic mass is 10.1. The summed E-state index contributed by atoms with van der Waals surface area (Å²) >= 11 is 3.44. The van der Waals surface area contributed by atoms with Crippen LogP contribution >= 0.6 is 15.9 Å². The van der Waals surface area contributed by atoms with Crippen molar-refractivity contribution >= 4 is 21.8 Å². The second-order valence-corrected chi connectivity index (χ2v) is 7.05. The molecule has 1 atom stereocenters. The fourth-order valence-corrected chi connectivity index (χ4v) is 3.55. The number of carbonyl (C=O) groups excluding carboxylic acids is 1. The Morgan fingerprint density at radius 2 is 1.96 bits per heavy atom. The van der Waals surface area contributed by atoms with Gasteiger partial charge in [0.05, 0.1) is 30.8 Å². The van der Waals surface area contributed by atoms with E-state index < -0.39 is 0 Å². The molecule has 2 aromatic carbocycles. The van der Waals surface area contributed by atoms with E-state index in [9.17, 15) is 4.79 Å². The summed E-state index contributed by atoms with van der Waals surface area (Å²) < 4.78 is 11.4. The lowest BCUT2D eigenvalue weighted by molar-refractivity contribution is 0.0332. The van der Waals surface area contributed by atoms with Crippen LogP contribution in [0.2, 0.25) is 0 Å². The molecular weight excluding hydrogens is 396 g/mol. The number of nitrogens with one attached hydrogen (secondary N) is 1. The lowest BCUT2D eigenvalue weighted by Gasteiger charge is -2.31. The molecule has 26 heavy (non-hydrogen) atoms. The van der Waals surface area contributed by atoms with Crippen LogP contribution in [0.5, 0.6) is 5.75 Å². The molecule has 1 aliphatic rings. The zero-order valence-corrected chi connectivity index (χ0v) is 16.4. The largest absolute Gasteiger partial charge is 0.496 e. The Kier molecular flexibility index (Phi) is 6.66. The Morgan fingerprint density at radius 1 is 1.23 bits per heavy atom. The van der Waals surface area contributed by atoms with E-state index in [0.29, 0.717) is 11.3 Å². The minimum atomic E-state index is -0.101. The number of carbonyl (C=O) groups is 1. The zero-order chi connectivity index (χ0) is 18.4. The Bertz CT molecular complexity index is 733. The van der Waals surface area contributed by atoms with E-state index in [1.54, 1.807) is 25.3 Å². The molecule has 0 spiro atoms. The molecule has 0 aliphatic carbocycles. The van der Waals surface area contributed by atoms with Gasteiger partial charge in [-0.1, -0.05) is 30.3 Å². The van der Waals surface area contributed by atoms with Crippen molar-refractivity contribution in [2.45, 2.75) is 6.04 Å². The van der Waals surface area contributed by atoms with Crippen molar-refractivity contribution in [3.63, 3.8) is 0 Å². The Hall–Kier alpha value is -1.89. The normalized spacial score (nSPS) is 16.1. The van der Waals surface area contributed by atoms with Crippen LogP contribution in [0.4, 0.5) is 0 Å². The van der Waals surface area contributed by atoms with Crippen molar-refractivity contribution in [3.05, 3.63) is 64.1 Å². The van der Waals surface area contributed by atoms with Gasteiger partial charge in [-0.2, -0.15) is 0 Å². The third kappa shape index (κ3) is 4.84. The summed E-state index contributed by atoms with van der Waals surface area (Å²) in [6.07, 6.45) is 0. The summed E-state index contributed by atoms with van der Waals surface area (Å²) in [6.45, 7) is 4.00. The number of rotatable bonds is 6. The summed E-state index contributed by atoms with van der Waals surface area (Å²) in [5.41, 5.74) is 1.69. The van der Waals surface area contributed by atoms with Crippen LogP contribution in [-0.4, -0.2) is 50.8 Å². The van der Waals surface area contributed by atoms with Crippen LogP contribution in [0, 0.1) is 0 Å². The maximum atomic E-state index is 12.8. The van der Waals surface area contributed by atoms with Crippen LogP contribution in [0.25, 0.3) is 0 Å². The SMILES string of the molecule is COc1ccc(C(=O)N[C@@H](CN2CCOCC2)c2ccccc2)cc1Br. The first kappa shape index (κ1) is 18.9. The van der Waals surface area contributed by atoms with Gasteiger partial charge in [0.25, 0.3) is 5.91 Å². The second-order valence-electron chi connectivity index (χ2n) is 6.20. The monoisotopic (exact) mass is 418 g/mol. The van der Waals surface area contributed by atoms with Crippen LogP contribution < -0.4 is 10.1 Å². The molecule has 0 saturated carbocycles. The van der Waals surface area contributed by atoms with E-state index in [-0.39, 0.29) is 11.9 Å². The number of benzene rings is 2. The molecule has 0 unspecified atom stereocenters. The summed E-state index contributed by atoms with van der Waals surface area (Å²) in [5, 5.41) is 3.18. The number of methoxy groups -OCH3 is 1. The molecule has 1 saturated heterocycles. The van der Waals surface area contributed by atoms with E-state index in [1.807, 2.05) is 18.2 Å². The van der Waals surface area contributed by atoms with Crippen LogP contribution in [-0.2, 0) is 4.74 Å². The quantitative estimate of drug-likeness (QED) is 0.781. The van der Waals surface area contributed by atoms with E-state index in [4.69, 9.17) is 9.47 Å². The van der Waals surface area contributed by atoms with E-state index in [0.717, 1.165) is 42.9 Å². The molecule has 1 N–H and O–H groups in total. The number of hydrogen-bond donors (Lipinski definition) is 1. The first-order valence-corrected chi connectivity index (χ1v) is 9.46. The van der Waals surface area contributed by atoms with Crippen molar-refractivity contribution in [3.8, 4) is 5.75 Å². The van der Waals surface area contributed by atoms with E-state index in [1.165, 1.54) is 0 Å². The van der Waals surface area contributed by atoms with Gasteiger partial charge in [0.15, 0.2) is 0 Å². The third-order valence-corrected chi connectivity index (χ3v) is 5.09. The Labute approximate surface area is 162 Å². The molecule has 3 rings (SSSR count). The molecule has 1 fully saturated rings. The average molecular weight is 419 g/mol. The van der Waals surface area contributed by atoms with Crippen molar-refractivity contribution in [1.82, 2.24) is 10.2 Å². The molecule has 1 aliphatic heterocycles. The number of nitrogens with zero attached hydrogens (tertiary/aromatic N) is 1. The van der Waals surface area contributed by atoms with Crippen molar-refractivity contribution in [2.75, 3.05) is 40.0 Å². The smallest absolute Gasteiger partial charge is 0.251 e.